The lowest BCUT2D eigenvalue weighted by Crippen LogP contribution is -2.72. The summed E-state index contributed by atoms with van der Waals surface area (Å²) >= 11 is 0. The van der Waals surface area contributed by atoms with Crippen LogP contribution in [0.3, 0.4) is 0 Å². The average Bonchev–Trinajstić information content (AvgIpc) is 4.24. The lowest BCUT2D eigenvalue weighted by molar-refractivity contribution is 0.714. The van der Waals surface area contributed by atoms with Crippen molar-refractivity contribution in [1.82, 2.24) is 0 Å². The average molecular weight is 1010 g/mol. The van der Waals surface area contributed by atoms with E-state index in [1.165, 1.54) is 103 Å². The molecule has 0 spiro atoms. The zero-order chi connectivity index (χ0) is 51.1. The van der Waals surface area contributed by atoms with Gasteiger partial charge in [0.25, 0.3) is 0 Å². The molecule has 3 heteroatoms. The van der Waals surface area contributed by atoms with Crippen LogP contribution in [-0.2, 0) is 5.41 Å². The van der Waals surface area contributed by atoms with Crippen LogP contribution in [0.25, 0.3) is 44.5 Å². The van der Waals surface area contributed by atoms with Gasteiger partial charge in [-0.05, 0) is 146 Å². The van der Waals surface area contributed by atoms with Gasteiger partial charge in [-0.3, -0.25) is 0 Å². The van der Waals surface area contributed by atoms with Crippen LogP contribution < -0.4 is 46.4 Å². The Balaban J connectivity index is 0.916. The van der Waals surface area contributed by atoms with Crippen molar-refractivity contribution in [3.8, 4) is 44.5 Å². The molecular weight excluding hydrogens is 959 g/mol. The molecule has 0 bridgehead atoms. The van der Waals surface area contributed by atoms with Crippen LogP contribution in [0.5, 0.6) is 0 Å². The quantitative estimate of drug-likeness (QED) is 0.130. The van der Waals surface area contributed by atoms with Gasteiger partial charge >= 0.3 is 0 Å². The lowest BCUT2D eigenvalue weighted by Gasteiger charge is -2.33. The number of fused-ring (bicyclic) bond motifs is 9. The van der Waals surface area contributed by atoms with Gasteiger partial charge < -0.3 is 4.90 Å². The molecule has 0 aromatic heterocycles. The van der Waals surface area contributed by atoms with E-state index >= 15 is 0 Å². The van der Waals surface area contributed by atoms with Crippen LogP contribution in [0.15, 0.2) is 303 Å². The number of anilines is 3. The van der Waals surface area contributed by atoms with Crippen LogP contribution in [-0.4, -0.2) is 16.1 Å². The van der Waals surface area contributed by atoms with Crippen molar-refractivity contribution in [1.29, 1.82) is 0 Å². The Hall–Kier alpha value is -9.13. The molecule has 362 valence electrons. The predicted octanol–water partition coefficient (Wildman–Crippen LogP) is 12.9. The van der Waals surface area contributed by atoms with E-state index in [0.717, 1.165) is 17.1 Å². The maximum atomic E-state index is 2.53. The standard InChI is InChI=1S/C74H53NSi2/c1-74(54-24-5-2-6-25-54)68-38-16-11-33-62(68)63-48-47-57(51-69(63)74)75(56-26-22-32-61(50-56)77(59-29-9-4-10-30-59)72-41-19-14-36-66(72)67-37-15-20-42-73(67)77)55-45-43-52(44-46-55)53-23-21-31-60(49-53)76(58-27-7-3-8-28-58)70-39-17-12-34-64(70)65-35-13-18-40-71(65)76/h2-51H,1H3. The number of hydrogen-bond donors (Lipinski definition) is 0. The Labute approximate surface area is 453 Å². The van der Waals surface area contributed by atoms with Crippen molar-refractivity contribution in [2.45, 2.75) is 12.3 Å². The number of rotatable bonds is 9. The first kappa shape index (κ1) is 45.3. The van der Waals surface area contributed by atoms with Crippen molar-refractivity contribution < 1.29 is 0 Å². The van der Waals surface area contributed by atoms with Gasteiger partial charge in [0.05, 0.1) is 0 Å². The van der Waals surface area contributed by atoms with Crippen LogP contribution in [0.4, 0.5) is 17.1 Å². The minimum Gasteiger partial charge on any atom is -0.310 e. The van der Waals surface area contributed by atoms with Crippen molar-refractivity contribution in [3.63, 3.8) is 0 Å². The summed E-state index contributed by atoms with van der Waals surface area (Å²) < 4.78 is 0. The monoisotopic (exact) mass is 1010 g/mol. The van der Waals surface area contributed by atoms with E-state index in [-0.39, 0.29) is 5.41 Å². The second-order valence-corrected chi connectivity index (χ2v) is 28.7. The van der Waals surface area contributed by atoms with E-state index in [0.29, 0.717) is 0 Å². The zero-order valence-electron chi connectivity index (χ0n) is 42.8. The fourth-order valence-corrected chi connectivity index (χ4v) is 24.6. The summed E-state index contributed by atoms with van der Waals surface area (Å²) in [6.07, 6.45) is 0. The maximum absolute atomic E-state index is 2.80. The van der Waals surface area contributed by atoms with Gasteiger partial charge in [-0.25, -0.2) is 0 Å². The predicted molar refractivity (Wildman–Crippen MR) is 329 cm³/mol. The second-order valence-electron chi connectivity index (χ2n) is 21.2. The van der Waals surface area contributed by atoms with Gasteiger partial charge in [-0.2, -0.15) is 0 Å². The number of nitrogens with zero attached hydrogens (tertiary/aromatic N) is 1. The van der Waals surface area contributed by atoms with E-state index in [9.17, 15) is 0 Å². The minimum atomic E-state index is -2.80. The largest absolute Gasteiger partial charge is 0.310 e. The van der Waals surface area contributed by atoms with E-state index < -0.39 is 16.1 Å². The highest BCUT2D eigenvalue weighted by Crippen LogP contribution is 2.54. The third-order valence-corrected chi connectivity index (χ3v) is 27.2. The normalized spacial score (nSPS) is 15.6. The minimum absolute atomic E-state index is 0.353. The van der Waals surface area contributed by atoms with Crippen molar-refractivity contribution >= 4 is 74.7 Å². The Morgan fingerprint density at radius 2 is 0.662 bits per heavy atom. The molecule has 0 radical (unpaired) electrons. The van der Waals surface area contributed by atoms with Crippen molar-refractivity contribution in [2.75, 3.05) is 4.90 Å². The summed E-state index contributed by atoms with van der Waals surface area (Å²) in [7, 11) is -5.47. The molecule has 1 nitrogen and oxygen atoms in total. The molecule has 0 saturated heterocycles. The molecule has 15 rings (SSSR count). The topological polar surface area (TPSA) is 3.24 Å². The van der Waals surface area contributed by atoms with Crippen LogP contribution in [0.2, 0.25) is 0 Å². The Morgan fingerprint density at radius 3 is 1.21 bits per heavy atom. The van der Waals surface area contributed by atoms with Gasteiger partial charge in [-0.15, -0.1) is 0 Å². The van der Waals surface area contributed by atoms with Gasteiger partial charge in [0.1, 0.15) is 0 Å². The molecule has 1 atom stereocenters. The van der Waals surface area contributed by atoms with Crippen LogP contribution in [0.1, 0.15) is 23.6 Å². The zero-order valence-corrected chi connectivity index (χ0v) is 44.8. The lowest BCUT2D eigenvalue weighted by atomic mass is 9.74. The molecule has 0 amide bonds. The second kappa shape index (κ2) is 17.7. The van der Waals surface area contributed by atoms with E-state index in [1.54, 1.807) is 0 Å². The van der Waals surface area contributed by atoms with Gasteiger partial charge in [0.2, 0.25) is 0 Å². The molecule has 1 aliphatic carbocycles. The van der Waals surface area contributed by atoms with E-state index in [4.69, 9.17) is 0 Å². The molecule has 2 aliphatic heterocycles. The molecule has 12 aromatic carbocycles. The molecule has 2 heterocycles. The van der Waals surface area contributed by atoms with Crippen molar-refractivity contribution in [3.05, 3.63) is 320 Å². The maximum Gasteiger partial charge on any atom is 0.180 e. The number of benzene rings is 12. The van der Waals surface area contributed by atoms with Gasteiger partial charge in [0.15, 0.2) is 16.1 Å². The molecule has 77 heavy (non-hydrogen) atoms. The highest BCUT2D eigenvalue weighted by molar-refractivity contribution is 7.23. The SMILES string of the molecule is CC1(c2ccccc2)c2ccccc2-c2ccc(N(c3ccc(-c4cccc([Si]5(c6ccccc6)c6ccccc6-c6ccccc65)c4)cc3)c3cccc([Si]4(c5ccccc5)c5ccccc5-c5ccccc54)c3)cc21. The first-order valence-electron chi connectivity index (χ1n) is 27.0. The number of hydrogen-bond acceptors (Lipinski definition) is 1. The first-order chi connectivity index (χ1) is 38.1. The van der Waals surface area contributed by atoms with Crippen LogP contribution >= 0.6 is 0 Å². The summed E-state index contributed by atoms with van der Waals surface area (Å²) in [5.74, 6) is 0. The third kappa shape index (κ3) is 6.58. The summed E-state index contributed by atoms with van der Waals surface area (Å²) in [6, 6.07) is 115. The molecule has 0 saturated carbocycles. The first-order valence-corrected chi connectivity index (χ1v) is 31.0. The fraction of sp³-hybridized carbons (Fsp3) is 0.0270. The molecule has 12 aromatic rings. The smallest absolute Gasteiger partial charge is 0.180 e. The fourth-order valence-electron chi connectivity index (χ4n) is 14.2. The van der Waals surface area contributed by atoms with E-state index in [1.807, 2.05) is 0 Å². The van der Waals surface area contributed by atoms with Crippen molar-refractivity contribution in [2.24, 2.45) is 0 Å². The molecule has 0 fully saturated rings. The Morgan fingerprint density at radius 1 is 0.260 bits per heavy atom. The highest BCUT2D eigenvalue weighted by atomic mass is 28.3. The van der Waals surface area contributed by atoms with E-state index in [2.05, 4.69) is 315 Å². The summed E-state index contributed by atoms with van der Waals surface area (Å²) in [4.78, 5) is 2.52. The van der Waals surface area contributed by atoms with Crippen LogP contribution in [0, 0.1) is 0 Å². The summed E-state index contributed by atoms with van der Waals surface area (Å²) in [6.45, 7) is 2.42. The van der Waals surface area contributed by atoms with Gasteiger partial charge in [0, 0.05) is 22.5 Å². The molecule has 1 unspecified atom stereocenters. The summed E-state index contributed by atoms with van der Waals surface area (Å²) in [5, 5.41) is 11.4. The Kier molecular flexibility index (Phi) is 10.4. The highest BCUT2D eigenvalue weighted by Gasteiger charge is 2.50. The van der Waals surface area contributed by atoms with Gasteiger partial charge in [-0.1, -0.05) is 267 Å². The summed E-state index contributed by atoms with van der Waals surface area (Å²) in [5.41, 5.74) is 17.4. The third-order valence-electron chi connectivity index (χ3n) is 17.5. The molecule has 3 aliphatic rings. The molecular formula is C74H53NSi2. The molecule has 0 N–H and O–H groups in total. The Bertz CT molecular complexity index is 4150.